The number of thioether (sulfide) groups is 1. The van der Waals surface area contributed by atoms with Gasteiger partial charge >= 0.3 is 5.97 Å². The number of hydrogen-bond donors (Lipinski definition) is 0. The van der Waals surface area contributed by atoms with Gasteiger partial charge in [-0.1, -0.05) is 12.1 Å². The molecule has 2 fully saturated rings. The Balaban J connectivity index is 1.36. The summed E-state index contributed by atoms with van der Waals surface area (Å²) in [5.74, 6) is -0.634. The fraction of sp³-hybridized carbons (Fsp3) is 0.304. The molecule has 5 rings (SSSR count). The van der Waals surface area contributed by atoms with E-state index in [4.69, 9.17) is 4.74 Å². The Labute approximate surface area is 187 Å². The number of rotatable bonds is 4. The SMILES string of the molecule is Cc1ccn2c(=O)cc(COC(=O)[C@H]3CS[C@@]4(c5ccc(F)cc5)CCC(=O)N34)nc2c1. The molecule has 2 saturated heterocycles. The number of pyridine rings is 1. The first-order chi connectivity index (χ1) is 15.4. The number of aromatic nitrogens is 2. The molecule has 1 aromatic carbocycles. The predicted molar refractivity (Wildman–Crippen MR) is 116 cm³/mol. The van der Waals surface area contributed by atoms with Crippen molar-refractivity contribution in [2.75, 3.05) is 5.75 Å². The molecule has 0 radical (unpaired) electrons. The first-order valence-electron chi connectivity index (χ1n) is 10.3. The number of amides is 1. The second kappa shape index (κ2) is 7.74. The third kappa shape index (κ3) is 3.37. The van der Waals surface area contributed by atoms with Crippen LogP contribution in [0.2, 0.25) is 0 Å². The Morgan fingerprint density at radius 3 is 2.81 bits per heavy atom. The van der Waals surface area contributed by atoms with E-state index < -0.39 is 16.9 Å². The van der Waals surface area contributed by atoms with Crippen molar-refractivity contribution in [1.29, 1.82) is 0 Å². The molecule has 0 N–H and O–H groups in total. The maximum absolute atomic E-state index is 13.4. The summed E-state index contributed by atoms with van der Waals surface area (Å²) in [6.45, 7) is 1.74. The smallest absolute Gasteiger partial charge is 0.330 e. The van der Waals surface area contributed by atoms with E-state index in [0.717, 1.165) is 11.1 Å². The summed E-state index contributed by atoms with van der Waals surface area (Å²) in [6, 6.07) is 10.2. The van der Waals surface area contributed by atoms with Crippen molar-refractivity contribution in [3.8, 4) is 0 Å². The van der Waals surface area contributed by atoms with Gasteiger partial charge in [0.2, 0.25) is 5.91 Å². The lowest BCUT2D eigenvalue weighted by molar-refractivity contribution is -0.155. The molecule has 32 heavy (non-hydrogen) atoms. The van der Waals surface area contributed by atoms with Gasteiger partial charge in [-0.3, -0.25) is 14.0 Å². The number of carbonyl (C=O) groups excluding carboxylic acids is 2. The maximum Gasteiger partial charge on any atom is 0.330 e. The lowest BCUT2D eigenvalue weighted by atomic mass is 10.0. The molecule has 9 heteroatoms. The first-order valence-corrected chi connectivity index (χ1v) is 11.2. The molecule has 2 aliphatic heterocycles. The average Bonchev–Trinajstić information content (AvgIpc) is 3.31. The molecule has 3 aromatic rings. The van der Waals surface area contributed by atoms with E-state index in [9.17, 15) is 18.8 Å². The molecule has 0 unspecified atom stereocenters. The summed E-state index contributed by atoms with van der Waals surface area (Å²) in [4.78, 5) is 43.3. The Morgan fingerprint density at radius 1 is 1.25 bits per heavy atom. The van der Waals surface area contributed by atoms with Gasteiger partial charge in [0.1, 0.15) is 29.0 Å². The quantitative estimate of drug-likeness (QED) is 0.565. The lowest BCUT2D eigenvalue weighted by Crippen LogP contribution is -2.46. The van der Waals surface area contributed by atoms with Crippen molar-refractivity contribution in [3.05, 3.63) is 81.7 Å². The Bertz CT molecular complexity index is 1290. The Morgan fingerprint density at radius 2 is 2.03 bits per heavy atom. The van der Waals surface area contributed by atoms with Crippen LogP contribution >= 0.6 is 11.8 Å². The van der Waals surface area contributed by atoms with Crippen LogP contribution in [0.3, 0.4) is 0 Å². The number of esters is 1. The van der Waals surface area contributed by atoms with Gasteiger partial charge in [-0.05, 0) is 48.7 Å². The van der Waals surface area contributed by atoms with Crippen LogP contribution in [0.15, 0.2) is 53.5 Å². The second-order valence-electron chi connectivity index (χ2n) is 8.01. The zero-order valence-corrected chi connectivity index (χ0v) is 18.1. The van der Waals surface area contributed by atoms with Crippen molar-refractivity contribution < 1.29 is 18.7 Å². The van der Waals surface area contributed by atoms with Crippen molar-refractivity contribution in [2.45, 2.75) is 37.3 Å². The molecule has 0 saturated carbocycles. The van der Waals surface area contributed by atoms with Crippen LogP contribution in [-0.2, 0) is 25.8 Å². The summed E-state index contributed by atoms with van der Waals surface area (Å²) < 4.78 is 20.3. The molecular formula is C23H20FN3O4S. The van der Waals surface area contributed by atoms with Gasteiger partial charge in [0.15, 0.2) is 0 Å². The second-order valence-corrected chi connectivity index (χ2v) is 9.30. The fourth-order valence-electron chi connectivity index (χ4n) is 4.40. The number of fused-ring (bicyclic) bond motifs is 2. The van der Waals surface area contributed by atoms with Crippen LogP contribution in [-0.4, -0.2) is 38.0 Å². The Hall–Kier alpha value is -3.20. The van der Waals surface area contributed by atoms with Gasteiger partial charge in [-0.15, -0.1) is 11.8 Å². The third-order valence-electron chi connectivity index (χ3n) is 5.93. The zero-order chi connectivity index (χ0) is 22.5. The number of benzene rings is 1. The van der Waals surface area contributed by atoms with Gasteiger partial charge in [-0.2, -0.15) is 0 Å². The third-order valence-corrected chi connectivity index (χ3v) is 7.53. The molecule has 164 valence electrons. The maximum atomic E-state index is 13.4. The summed E-state index contributed by atoms with van der Waals surface area (Å²) in [5.41, 5.74) is 2.31. The molecule has 7 nitrogen and oxygen atoms in total. The molecule has 1 amide bonds. The van der Waals surface area contributed by atoms with Crippen molar-refractivity contribution in [3.63, 3.8) is 0 Å². The van der Waals surface area contributed by atoms with Gasteiger partial charge in [0.05, 0.1) is 5.69 Å². The van der Waals surface area contributed by atoms with E-state index in [0.29, 0.717) is 29.9 Å². The summed E-state index contributed by atoms with van der Waals surface area (Å²) in [6.07, 6.45) is 2.52. The van der Waals surface area contributed by atoms with Gasteiger partial charge < -0.3 is 9.64 Å². The highest BCUT2D eigenvalue weighted by molar-refractivity contribution is 8.00. The van der Waals surface area contributed by atoms with E-state index in [1.807, 2.05) is 13.0 Å². The molecule has 2 aromatic heterocycles. The number of halogens is 1. The normalized spacial score (nSPS) is 22.4. The highest BCUT2D eigenvalue weighted by Gasteiger charge is 2.57. The van der Waals surface area contributed by atoms with Crippen LogP contribution in [0.1, 0.15) is 29.7 Å². The zero-order valence-electron chi connectivity index (χ0n) is 17.3. The lowest BCUT2D eigenvalue weighted by Gasteiger charge is -2.33. The molecular weight excluding hydrogens is 433 g/mol. The summed E-state index contributed by atoms with van der Waals surface area (Å²) >= 11 is 1.50. The highest BCUT2D eigenvalue weighted by Crippen LogP contribution is 2.54. The van der Waals surface area contributed by atoms with Crippen LogP contribution in [0, 0.1) is 12.7 Å². The van der Waals surface area contributed by atoms with E-state index >= 15 is 0 Å². The minimum absolute atomic E-state index is 0.126. The monoisotopic (exact) mass is 453 g/mol. The topological polar surface area (TPSA) is 81.0 Å². The van der Waals surface area contributed by atoms with Crippen LogP contribution in [0.25, 0.3) is 5.65 Å². The van der Waals surface area contributed by atoms with Crippen molar-refractivity contribution in [2.24, 2.45) is 0 Å². The van der Waals surface area contributed by atoms with E-state index in [2.05, 4.69) is 4.98 Å². The highest BCUT2D eigenvalue weighted by atomic mass is 32.2. The molecule has 0 bridgehead atoms. The number of aryl methyl sites for hydroxylation is 1. The van der Waals surface area contributed by atoms with Crippen LogP contribution in [0.5, 0.6) is 0 Å². The van der Waals surface area contributed by atoms with Crippen LogP contribution in [0.4, 0.5) is 4.39 Å². The predicted octanol–water partition coefficient (Wildman–Crippen LogP) is 2.78. The average molecular weight is 453 g/mol. The summed E-state index contributed by atoms with van der Waals surface area (Å²) in [5, 5.41) is 0. The number of hydrogen-bond acceptors (Lipinski definition) is 6. The van der Waals surface area contributed by atoms with E-state index in [1.54, 1.807) is 29.3 Å². The molecule has 0 spiro atoms. The molecule has 4 heterocycles. The van der Waals surface area contributed by atoms with Crippen LogP contribution < -0.4 is 5.56 Å². The minimum atomic E-state index is -0.746. The Kier molecular flexibility index (Phi) is 5.00. The number of nitrogens with zero attached hydrogens (tertiary/aromatic N) is 3. The number of ether oxygens (including phenoxy) is 1. The summed E-state index contributed by atoms with van der Waals surface area (Å²) in [7, 11) is 0. The van der Waals surface area contributed by atoms with Gasteiger partial charge in [0, 0.05) is 24.4 Å². The molecule has 2 atom stereocenters. The van der Waals surface area contributed by atoms with Gasteiger partial charge in [-0.25, -0.2) is 14.2 Å². The molecule has 0 aliphatic carbocycles. The molecule has 2 aliphatic rings. The standard InChI is InChI=1S/C23H20FN3O4S/c1-14-7-9-26-19(10-14)25-17(11-21(26)29)12-31-22(30)18-13-32-23(8-6-20(28)27(18)23)15-2-4-16(24)5-3-15/h2-5,7,9-11,18H,6,8,12-13H2,1H3/t18-,23-/m1/s1. The fourth-order valence-corrected chi connectivity index (χ4v) is 6.03. The van der Waals surface area contributed by atoms with Crippen molar-refractivity contribution >= 4 is 29.3 Å². The largest absolute Gasteiger partial charge is 0.458 e. The van der Waals surface area contributed by atoms with Gasteiger partial charge in [0.25, 0.3) is 5.56 Å². The van der Waals surface area contributed by atoms with Crippen molar-refractivity contribution in [1.82, 2.24) is 14.3 Å². The first kappa shape index (κ1) is 20.7. The minimum Gasteiger partial charge on any atom is -0.458 e. The number of carbonyl (C=O) groups is 2. The van der Waals surface area contributed by atoms with E-state index in [-0.39, 0.29) is 23.9 Å². The van der Waals surface area contributed by atoms with E-state index in [1.165, 1.54) is 34.4 Å².